The lowest BCUT2D eigenvalue weighted by Crippen LogP contribution is -2.48. The van der Waals surface area contributed by atoms with Crippen LogP contribution < -0.4 is 10.1 Å². The molecule has 0 saturated heterocycles. The van der Waals surface area contributed by atoms with E-state index in [1.54, 1.807) is 24.8 Å². The van der Waals surface area contributed by atoms with Gasteiger partial charge in [-0.25, -0.2) is 0 Å². The minimum absolute atomic E-state index is 0.328. The Kier molecular flexibility index (Phi) is 5.23. The summed E-state index contributed by atoms with van der Waals surface area (Å²) in [5, 5.41) is 14.7. The van der Waals surface area contributed by atoms with Crippen molar-refractivity contribution in [3.8, 4) is 11.5 Å². The van der Waals surface area contributed by atoms with Gasteiger partial charge in [0.15, 0.2) is 0 Å². The number of phenols is 1. The average Bonchev–Trinajstić information content (AvgIpc) is 3.10. The van der Waals surface area contributed by atoms with Crippen molar-refractivity contribution in [2.75, 3.05) is 7.11 Å². The zero-order valence-corrected chi connectivity index (χ0v) is 18.7. The molecule has 4 heteroatoms. The van der Waals surface area contributed by atoms with Gasteiger partial charge in [-0.05, 0) is 103 Å². The van der Waals surface area contributed by atoms with Gasteiger partial charge in [0.2, 0.25) is 0 Å². The molecule has 160 valence electrons. The fourth-order valence-electron chi connectivity index (χ4n) is 6.95. The maximum Gasteiger partial charge on any atom is 0.120 e. The number of hydrogen-bond acceptors (Lipinski definition) is 3. The predicted octanol–water partition coefficient (Wildman–Crippen LogP) is 6.07. The molecule has 3 nitrogen and oxygen atoms in total. The Morgan fingerprint density at radius 1 is 1.13 bits per heavy atom. The van der Waals surface area contributed by atoms with Gasteiger partial charge in [0.1, 0.15) is 11.5 Å². The van der Waals surface area contributed by atoms with E-state index < -0.39 is 0 Å². The van der Waals surface area contributed by atoms with Gasteiger partial charge in [-0.15, -0.1) is 0 Å². The van der Waals surface area contributed by atoms with Gasteiger partial charge in [0.05, 0.1) is 7.11 Å². The Labute approximate surface area is 184 Å². The van der Waals surface area contributed by atoms with Gasteiger partial charge in [-0.3, -0.25) is 0 Å². The van der Waals surface area contributed by atoms with E-state index in [4.69, 9.17) is 16.3 Å². The quantitative estimate of drug-likeness (QED) is 0.624. The summed E-state index contributed by atoms with van der Waals surface area (Å²) in [7, 11) is 1.76. The lowest BCUT2D eigenvalue weighted by molar-refractivity contribution is 0.0407. The Morgan fingerprint density at radius 2 is 2.00 bits per heavy atom. The first-order chi connectivity index (χ1) is 14.5. The van der Waals surface area contributed by atoms with E-state index in [1.165, 1.54) is 44.1 Å². The average molecular weight is 426 g/mol. The SMILES string of the molecule is COc1ccc2c(c1)CC[C@@H]1[C@@H]2CC[C@]2(C)C(NCc3cc(Cl)ccc3O)CC[C@@H]12. The molecule has 0 spiro atoms. The number of aromatic hydroxyl groups is 1. The van der Waals surface area contributed by atoms with Gasteiger partial charge in [0.25, 0.3) is 0 Å². The van der Waals surface area contributed by atoms with Gasteiger partial charge in [-0.2, -0.15) is 0 Å². The summed E-state index contributed by atoms with van der Waals surface area (Å²) in [6.07, 6.45) is 7.55. The molecule has 0 radical (unpaired) electrons. The summed E-state index contributed by atoms with van der Waals surface area (Å²) < 4.78 is 5.46. The molecule has 3 aliphatic rings. The van der Waals surface area contributed by atoms with Crippen LogP contribution in [0.4, 0.5) is 0 Å². The van der Waals surface area contributed by atoms with Crippen LogP contribution in [0.25, 0.3) is 0 Å². The minimum Gasteiger partial charge on any atom is -0.508 e. The Bertz CT molecular complexity index is 945. The summed E-state index contributed by atoms with van der Waals surface area (Å²) in [5.41, 5.74) is 4.31. The van der Waals surface area contributed by atoms with Gasteiger partial charge in [0, 0.05) is 23.2 Å². The molecule has 0 aliphatic heterocycles. The van der Waals surface area contributed by atoms with Crippen LogP contribution in [0.3, 0.4) is 0 Å². The molecule has 0 aromatic heterocycles. The zero-order valence-electron chi connectivity index (χ0n) is 18.0. The molecule has 2 saturated carbocycles. The van der Waals surface area contributed by atoms with E-state index in [9.17, 15) is 5.11 Å². The molecule has 5 rings (SSSR count). The molecule has 2 N–H and O–H groups in total. The van der Waals surface area contributed by atoms with Crippen molar-refractivity contribution >= 4 is 11.6 Å². The van der Waals surface area contributed by atoms with Crippen LogP contribution in [-0.2, 0) is 13.0 Å². The van der Waals surface area contributed by atoms with Crippen molar-refractivity contribution in [3.05, 3.63) is 58.1 Å². The molecule has 1 unspecified atom stereocenters. The van der Waals surface area contributed by atoms with Crippen molar-refractivity contribution in [2.24, 2.45) is 17.3 Å². The third kappa shape index (κ3) is 3.31. The predicted molar refractivity (Wildman–Crippen MR) is 121 cm³/mol. The number of halogens is 1. The molecule has 2 fully saturated rings. The van der Waals surface area contributed by atoms with Crippen LogP contribution in [0.15, 0.2) is 36.4 Å². The first kappa shape index (κ1) is 20.2. The van der Waals surface area contributed by atoms with Gasteiger partial charge >= 0.3 is 0 Å². The van der Waals surface area contributed by atoms with Gasteiger partial charge < -0.3 is 15.2 Å². The highest BCUT2D eigenvalue weighted by atomic mass is 35.5. The summed E-state index contributed by atoms with van der Waals surface area (Å²) in [6.45, 7) is 3.19. The second-order valence-corrected chi connectivity index (χ2v) is 10.2. The molecule has 0 heterocycles. The first-order valence-corrected chi connectivity index (χ1v) is 11.7. The highest BCUT2D eigenvalue weighted by Gasteiger charge is 2.54. The smallest absolute Gasteiger partial charge is 0.120 e. The van der Waals surface area contributed by atoms with Crippen LogP contribution in [-0.4, -0.2) is 18.3 Å². The fraction of sp³-hybridized carbons (Fsp3) is 0.538. The third-order valence-electron chi connectivity index (χ3n) is 8.51. The number of rotatable bonds is 4. The van der Waals surface area contributed by atoms with E-state index in [2.05, 4.69) is 30.4 Å². The van der Waals surface area contributed by atoms with Crippen LogP contribution in [0, 0.1) is 17.3 Å². The molecule has 0 bridgehead atoms. The summed E-state index contributed by atoms with van der Waals surface area (Å²) in [5.74, 6) is 3.58. The maximum absolute atomic E-state index is 10.2. The summed E-state index contributed by atoms with van der Waals surface area (Å²) >= 11 is 6.14. The van der Waals surface area contributed by atoms with Crippen molar-refractivity contribution in [1.29, 1.82) is 0 Å². The maximum atomic E-state index is 10.2. The minimum atomic E-state index is 0.328. The molecule has 2 aromatic carbocycles. The van der Waals surface area contributed by atoms with Crippen LogP contribution >= 0.6 is 11.6 Å². The number of hydrogen-bond donors (Lipinski definition) is 2. The number of methoxy groups -OCH3 is 1. The topological polar surface area (TPSA) is 41.5 Å². The standard InChI is InChI=1S/C26H32ClNO2/c1-26-12-11-21-20-7-5-19(30-2)14-16(20)3-6-22(21)23(26)8-10-25(26)28-15-17-13-18(27)4-9-24(17)29/h4-5,7,9,13-14,21-23,25,28-29H,3,6,8,10-12,15H2,1-2H3/t21-,22-,23+,25?,26+/m1/s1. The molecular weight excluding hydrogens is 394 g/mol. The summed E-state index contributed by atoms with van der Waals surface area (Å²) in [4.78, 5) is 0. The number of aryl methyl sites for hydroxylation is 1. The molecule has 5 atom stereocenters. The lowest BCUT2D eigenvalue weighted by Gasteiger charge is -2.51. The van der Waals surface area contributed by atoms with Crippen LogP contribution in [0.5, 0.6) is 11.5 Å². The number of fused-ring (bicyclic) bond motifs is 5. The molecule has 30 heavy (non-hydrogen) atoms. The Balaban J connectivity index is 1.33. The Morgan fingerprint density at radius 3 is 2.83 bits per heavy atom. The number of ether oxygens (including phenoxy) is 1. The fourth-order valence-corrected chi connectivity index (χ4v) is 7.14. The van der Waals surface area contributed by atoms with E-state index in [-0.39, 0.29) is 0 Å². The highest BCUT2D eigenvalue weighted by Crippen LogP contribution is 2.61. The normalized spacial score (nSPS) is 32.2. The molecule has 2 aromatic rings. The van der Waals surface area contributed by atoms with Gasteiger partial charge in [-0.1, -0.05) is 24.6 Å². The van der Waals surface area contributed by atoms with E-state index in [0.717, 1.165) is 23.1 Å². The largest absolute Gasteiger partial charge is 0.508 e. The lowest BCUT2D eigenvalue weighted by atomic mass is 9.55. The first-order valence-electron chi connectivity index (χ1n) is 11.4. The van der Waals surface area contributed by atoms with Crippen LogP contribution in [0.1, 0.15) is 61.6 Å². The third-order valence-corrected chi connectivity index (χ3v) is 8.75. The monoisotopic (exact) mass is 425 g/mol. The zero-order chi connectivity index (χ0) is 20.9. The number of nitrogens with one attached hydrogen (secondary N) is 1. The molecule has 0 amide bonds. The molecule has 3 aliphatic carbocycles. The highest BCUT2D eigenvalue weighted by molar-refractivity contribution is 6.30. The Hall–Kier alpha value is -1.71. The van der Waals surface area contributed by atoms with E-state index >= 15 is 0 Å². The van der Waals surface area contributed by atoms with Crippen molar-refractivity contribution in [2.45, 2.75) is 64.0 Å². The molecular formula is C26H32ClNO2. The second-order valence-electron chi connectivity index (χ2n) is 9.81. The van der Waals surface area contributed by atoms with Crippen molar-refractivity contribution in [1.82, 2.24) is 5.32 Å². The number of benzene rings is 2. The number of phenolic OH excluding ortho intramolecular Hbond substituents is 1. The van der Waals surface area contributed by atoms with Crippen molar-refractivity contribution in [3.63, 3.8) is 0 Å². The summed E-state index contributed by atoms with van der Waals surface area (Å²) in [6, 6.07) is 12.5. The van der Waals surface area contributed by atoms with Crippen LogP contribution in [0.2, 0.25) is 5.02 Å². The second kappa shape index (κ2) is 7.76. The van der Waals surface area contributed by atoms with Crippen molar-refractivity contribution < 1.29 is 9.84 Å². The van der Waals surface area contributed by atoms with E-state index in [1.807, 2.05) is 6.07 Å². The van der Waals surface area contributed by atoms with E-state index in [0.29, 0.717) is 34.7 Å².